The van der Waals surface area contributed by atoms with Gasteiger partial charge in [0.1, 0.15) is 18.0 Å². The minimum absolute atomic E-state index is 0.139. The number of aliphatic carboxylic acids is 2. The van der Waals surface area contributed by atoms with Crippen LogP contribution in [0.4, 0.5) is 0 Å². The average molecular weight is 554 g/mol. The third kappa shape index (κ3) is 7.57. The van der Waals surface area contributed by atoms with Crippen molar-refractivity contribution in [1.82, 2.24) is 4.57 Å². The molecular weight excluding hydrogens is 518 g/mol. The summed E-state index contributed by atoms with van der Waals surface area (Å²) in [4.78, 5) is 23.0. The van der Waals surface area contributed by atoms with Crippen molar-refractivity contribution in [3.63, 3.8) is 0 Å². The van der Waals surface area contributed by atoms with Gasteiger partial charge in [-0.25, -0.2) is 0 Å². The topological polar surface area (TPSA) is 98.0 Å². The van der Waals surface area contributed by atoms with Gasteiger partial charge in [0.2, 0.25) is 0 Å². The molecule has 41 heavy (non-hydrogen) atoms. The Hall–Kier alpha value is -4.52. The first kappa shape index (κ1) is 28.0. The van der Waals surface area contributed by atoms with E-state index in [0.29, 0.717) is 19.6 Å². The van der Waals surface area contributed by atoms with Crippen LogP contribution in [-0.4, -0.2) is 39.9 Å². The summed E-state index contributed by atoms with van der Waals surface area (Å²) in [5, 5.41) is 19.9. The SMILES string of the molecule is O=C(O)Cn1cc(CC2(CC(=O)O)CC2)c2cccc(/C=C/c3ccc(OCCCCOc4ccccc4)cc3)c21. The average Bonchev–Trinajstić information content (AvgIpc) is 3.62. The summed E-state index contributed by atoms with van der Waals surface area (Å²) in [7, 11) is 0. The highest BCUT2D eigenvalue weighted by atomic mass is 16.5. The Morgan fingerprint density at radius 3 is 2.12 bits per heavy atom. The summed E-state index contributed by atoms with van der Waals surface area (Å²) in [6, 6.07) is 23.6. The van der Waals surface area contributed by atoms with Crippen molar-refractivity contribution < 1.29 is 29.3 Å². The van der Waals surface area contributed by atoms with E-state index in [-0.39, 0.29) is 18.4 Å². The number of ether oxygens (including phenoxy) is 2. The molecule has 3 aromatic carbocycles. The molecule has 5 rings (SSSR count). The second kappa shape index (κ2) is 12.8. The number of nitrogens with zero attached hydrogens (tertiary/aromatic N) is 1. The van der Waals surface area contributed by atoms with Crippen molar-refractivity contribution in [2.75, 3.05) is 13.2 Å². The Morgan fingerprint density at radius 1 is 0.805 bits per heavy atom. The smallest absolute Gasteiger partial charge is 0.323 e. The maximum absolute atomic E-state index is 11.6. The minimum atomic E-state index is -0.918. The number of hydrogen-bond donors (Lipinski definition) is 2. The molecule has 1 saturated carbocycles. The molecular formula is C34H35NO6. The number of benzene rings is 3. The van der Waals surface area contributed by atoms with Crippen molar-refractivity contribution >= 4 is 35.0 Å². The summed E-state index contributed by atoms with van der Waals surface area (Å²) in [5.41, 5.74) is 3.54. The van der Waals surface area contributed by atoms with Gasteiger partial charge in [0.25, 0.3) is 0 Å². The lowest BCUT2D eigenvalue weighted by molar-refractivity contribution is -0.139. The summed E-state index contributed by atoms with van der Waals surface area (Å²) < 4.78 is 13.4. The lowest BCUT2D eigenvalue weighted by Crippen LogP contribution is -2.11. The van der Waals surface area contributed by atoms with Gasteiger partial charge in [-0.15, -0.1) is 0 Å². The molecule has 7 nitrogen and oxygen atoms in total. The van der Waals surface area contributed by atoms with Gasteiger partial charge in [-0.1, -0.05) is 60.7 Å². The predicted octanol–water partition coefficient (Wildman–Crippen LogP) is 6.93. The van der Waals surface area contributed by atoms with Gasteiger partial charge >= 0.3 is 11.9 Å². The van der Waals surface area contributed by atoms with E-state index in [1.165, 1.54) is 0 Å². The fourth-order valence-electron chi connectivity index (χ4n) is 5.29. The zero-order valence-corrected chi connectivity index (χ0v) is 23.0. The van der Waals surface area contributed by atoms with E-state index in [1.807, 2.05) is 91.1 Å². The highest BCUT2D eigenvalue weighted by Gasteiger charge is 2.44. The molecule has 0 amide bonds. The molecule has 4 aromatic rings. The Bertz CT molecular complexity index is 1520. The van der Waals surface area contributed by atoms with Gasteiger partial charge in [-0.2, -0.15) is 0 Å². The van der Waals surface area contributed by atoms with Crippen molar-refractivity contribution in [1.29, 1.82) is 0 Å². The van der Waals surface area contributed by atoms with Crippen LogP contribution in [0.2, 0.25) is 0 Å². The molecule has 0 saturated heterocycles. The third-order valence-electron chi connectivity index (χ3n) is 7.52. The monoisotopic (exact) mass is 553 g/mol. The zero-order chi connectivity index (χ0) is 28.7. The van der Waals surface area contributed by atoms with Gasteiger partial charge < -0.3 is 24.3 Å². The van der Waals surface area contributed by atoms with Crippen LogP contribution < -0.4 is 9.47 Å². The highest BCUT2D eigenvalue weighted by Crippen LogP contribution is 2.52. The number of carbonyl (C=O) groups is 2. The van der Waals surface area contributed by atoms with Crippen molar-refractivity contribution in [2.24, 2.45) is 5.41 Å². The Balaban J connectivity index is 1.22. The summed E-state index contributed by atoms with van der Waals surface area (Å²) >= 11 is 0. The molecule has 7 heteroatoms. The van der Waals surface area contributed by atoms with Crippen LogP contribution in [-0.2, 0) is 22.6 Å². The van der Waals surface area contributed by atoms with Gasteiger partial charge in [-0.3, -0.25) is 9.59 Å². The number of rotatable bonds is 15. The summed E-state index contributed by atoms with van der Waals surface area (Å²) in [5.74, 6) is -0.0155. The van der Waals surface area contributed by atoms with Gasteiger partial charge in [0.15, 0.2) is 0 Å². The standard InChI is InChI=1S/C34H35NO6/c36-31(37)22-34(17-18-34)21-27-23-35(24-32(38)39)33-26(7-6-10-30(27)33)14-11-25-12-15-29(16-13-25)41-20-5-4-19-40-28-8-2-1-3-9-28/h1-3,6-16,23H,4-5,17-22,24H2,(H,36,37)(H,38,39)/b14-11+. The normalized spacial score (nSPS) is 13.9. The third-order valence-corrected chi connectivity index (χ3v) is 7.52. The molecule has 1 aliphatic rings. The number of carboxylic acids is 2. The van der Waals surface area contributed by atoms with Crippen molar-refractivity contribution in [3.05, 3.63) is 95.7 Å². The molecule has 0 atom stereocenters. The summed E-state index contributed by atoms with van der Waals surface area (Å²) in [6.45, 7) is 1.12. The number of para-hydroxylation sites is 2. The first-order chi connectivity index (χ1) is 19.9. The van der Waals surface area contributed by atoms with Crippen LogP contribution in [0, 0.1) is 5.41 Å². The molecule has 1 fully saturated rings. The Kier molecular flexibility index (Phi) is 8.73. The molecule has 0 bridgehead atoms. The van der Waals surface area contributed by atoms with E-state index in [9.17, 15) is 19.8 Å². The first-order valence-electron chi connectivity index (χ1n) is 14.0. The predicted molar refractivity (Wildman–Crippen MR) is 159 cm³/mol. The van der Waals surface area contributed by atoms with Gasteiger partial charge in [0, 0.05) is 11.6 Å². The highest BCUT2D eigenvalue weighted by molar-refractivity contribution is 5.94. The second-order valence-electron chi connectivity index (χ2n) is 10.8. The zero-order valence-electron chi connectivity index (χ0n) is 23.0. The van der Waals surface area contributed by atoms with E-state index in [2.05, 4.69) is 0 Å². The molecule has 0 aliphatic heterocycles. The van der Waals surface area contributed by atoms with Crippen LogP contribution in [0.15, 0.2) is 79.0 Å². The molecule has 1 heterocycles. The molecule has 1 aliphatic carbocycles. The fourth-order valence-corrected chi connectivity index (χ4v) is 5.29. The minimum Gasteiger partial charge on any atom is -0.494 e. The van der Waals surface area contributed by atoms with Crippen LogP contribution in [0.3, 0.4) is 0 Å². The molecule has 0 radical (unpaired) electrons. The lowest BCUT2D eigenvalue weighted by atomic mass is 9.92. The van der Waals surface area contributed by atoms with Crippen LogP contribution in [0.25, 0.3) is 23.1 Å². The Labute approximate surface area is 239 Å². The van der Waals surface area contributed by atoms with Crippen LogP contribution in [0.5, 0.6) is 11.5 Å². The maximum Gasteiger partial charge on any atom is 0.323 e. The van der Waals surface area contributed by atoms with Gasteiger partial charge in [0.05, 0.1) is 25.2 Å². The molecule has 0 unspecified atom stereocenters. The molecule has 212 valence electrons. The number of fused-ring (bicyclic) bond motifs is 1. The Morgan fingerprint density at radius 2 is 1.49 bits per heavy atom. The largest absolute Gasteiger partial charge is 0.494 e. The van der Waals surface area contributed by atoms with Gasteiger partial charge in [-0.05, 0) is 78.5 Å². The number of carboxylic acid groups (broad SMARTS) is 2. The second-order valence-corrected chi connectivity index (χ2v) is 10.8. The quantitative estimate of drug-likeness (QED) is 0.122. The van der Waals surface area contributed by atoms with Crippen molar-refractivity contribution in [2.45, 2.75) is 45.1 Å². The van der Waals surface area contributed by atoms with Crippen LogP contribution >= 0.6 is 0 Å². The molecule has 1 aromatic heterocycles. The maximum atomic E-state index is 11.6. The van der Waals surface area contributed by atoms with E-state index < -0.39 is 11.9 Å². The molecule has 0 spiro atoms. The summed E-state index contributed by atoms with van der Waals surface area (Å²) in [6.07, 6.45) is 10.2. The van der Waals surface area contributed by atoms with E-state index in [1.54, 1.807) is 4.57 Å². The van der Waals surface area contributed by atoms with E-state index >= 15 is 0 Å². The van der Waals surface area contributed by atoms with E-state index in [4.69, 9.17) is 9.47 Å². The number of hydrogen-bond acceptors (Lipinski definition) is 4. The number of unbranched alkanes of at least 4 members (excludes halogenated alkanes) is 1. The van der Waals surface area contributed by atoms with Crippen molar-refractivity contribution in [3.8, 4) is 11.5 Å². The van der Waals surface area contributed by atoms with Crippen LogP contribution in [0.1, 0.15) is 48.8 Å². The molecule has 2 N–H and O–H groups in total. The lowest BCUT2D eigenvalue weighted by Gasteiger charge is -2.11. The fraction of sp³-hybridized carbons (Fsp3) is 0.294. The number of aromatic nitrogens is 1. The van der Waals surface area contributed by atoms with E-state index in [0.717, 1.165) is 64.8 Å². The first-order valence-corrected chi connectivity index (χ1v) is 14.0.